The molecule has 0 aromatic heterocycles. The summed E-state index contributed by atoms with van der Waals surface area (Å²) in [4.78, 5) is 58.0. The summed E-state index contributed by atoms with van der Waals surface area (Å²) in [6.07, 6.45) is 6.10. The standard InChI is InChI=1S/C33H47N5O7S/c1-5-23-19-33(23,30(41)36-46(43,44)25-15-16-25)35-28(39)26-20-37(18-17-22-11-7-6-8-12-22)21-38(26)29(40)27(32(2,3)4)34-31(42)45-24-13-9-10-14-24/h5-8,11-12,23-27H,1,9-10,13-21H2,2-4H3,(H,34,42)(H,35,39)(H,36,41)/t23-,26+,27-,33-/m1/s1. The van der Waals surface area contributed by atoms with Gasteiger partial charge in [-0.3, -0.25) is 24.0 Å². The summed E-state index contributed by atoms with van der Waals surface area (Å²) in [5.41, 5.74) is -1.08. The normalized spacial score (nSPS) is 25.8. The zero-order valence-electron chi connectivity index (χ0n) is 27.0. The molecule has 3 N–H and O–H groups in total. The van der Waals surface area contributed by atoms with Crippen LogP contribution in [0.25, 0.3) is 0 Å². The zero-order valence-corrected chi connectivity index (χ0v) is 27.8. The lowest BCUT2D eigenvalue weighted by atomic mass is 9.85. The molecule has 4 amide bonds. The van der Waals surface area contributed by atoms with Crippen LogP contribution in [0.2, 0.25) is 0 Å². The average molecular weight is 658 g/mol. The Balaban J connectivity index is 1.35. The third-order valence-electron chi connectivity index (χ3n) is 9.50. The maximum atomic E-state index is 14.3. The summed E-state index contributed by atoms with van der Waals surface area (Å²) in [5.74, 6) is -2.26. The molecule has 4 fully saturated rings. The molecule has 1 aliphatic heterocycles. The molecule has 0 unspecified atom stereocenters. The number of carbonyl (C=O) groups is 4. The van der Waals surface area contributed by atoms with Crippen LogP contribution in [0, 0.1) is 11.3 Å². The van der Waals surface area contributed by atoms with Gasteiger partial charge in [0.05, 0.1) is 11.9 Å². The van der Waals surface area contributed by atoms with Gasteiger partial charge in [0.2, 0.25) is 21.8 Å². The molecule has 3 saturated carbocycles. The van der Waals surface area contributed by atoms with E-state index in [1.54, 1.807) is 0 Å². The lowest BCUT2D eigenvalue weighted by Crippen LogP contribution is -2.60. The van der Waals surface area contributed by atoms with Gasteiger partial charge in [-0.15, -0.1) is 6.58 Å². The molecule has 0 bridgehead atoms. The summed E-state index contributed by atoms with van der Waals surface area (Å²) in [6.45, 7) is 10.2. The monoisotopic (exact) mass is 657 g/mol. The van der Waals surface area contributed by atoms with Crippen molar-refractivity contribution in [3.63, 3.8) is 0 Å². The highest BCUT2D eigenvalue weighted by Gasteiger charge is 2.62. The molecule has 4 aliphatic rings. The van der Waals surface area contributed by atoms with Crippen LogP contribution in [0.5, 0.6) is 0 Å². The summed E-state index contributed by atoms with van der Waals surface area (Å²) < 4.78 is 32.9. The fourth-order valence-electron chi connectivity index (χ4n) is 6.40. The second-order valence-electron chi connectivity index (χ2n) is 14.2. The van der Waals surface area contributed by atoms with Crippen LogP contribution in [-0.2, 0) is 35.6 Å². The zero-order chi connectivity index (χ0) is 33.3. The number of amides is 4. The number of alkyl carbamates (subject to hydrolysis) is 1. The lowest BCUT2D eigenvalue weighted by Gasteiger charge is -2.35. The Hall–Kier alpha value is -3.45. The van der Waals surface area contributed by atoms with Crippen molar-refractivity contribution >= 4 is 33.8 Å². The minimum absolute atomic E-state index is 0.135. The largest absolute Gasteiger partial charge is 0.446 e. The SMILES string of the molecule is C=C[C@@H]1C[C@]1(NC(=O)[C@@H]1CN(CCc2ccccc2)CN1C(=O)[C@@H](NC(=O)OC1CCCC1)C(C)(C)C)C(=O)NS(=O)(=O)C1CC1. The van der Waals surface area contributed by atoms with Crippen molar-refractivity contribution in [2.75, 3.05) is 19.8 Å². The van der Waals surface area contributed by atoms with Gasteiger partial charge in [-0.05, 0) is 62.3 Å². The fraction of sp³-hybridized carbons (Fsp3) is 0.636. The van der Waals surface area contributed by atoms with Crippen LogP contribution in [0.1, 0.15) is 71.3 Å². The van der Waals surface area contributed by atoms with E-state index >= 15 is 0 Å². The van der Waals surface area contributed by atoms with E-state index in [-0.39, 0.29) is 25.7 Å². The van der Waals surface area contributed by atoms with Crippen LogP contribution in [0.15, 0.2) is 43.0 Å². The van der Waals surface area contributed by atoms with E-state index in [4.69, 9.17) is 4.74 Å². The second kappa shape index (κ2) is 13.3. The lowest BCUT2D eigenvalue weighted by molar-refractivity contribution is -0.142. The van der Waals surface area contributed by atoms with Gasteiger partial charge < -0.3 is 20.3 Å². The number of nitrogens with zero attached hydrogens (tertiary/aromatic N) is 2. The van der Waals surface area contributed by atoms with Crippen LogP contribution in [0.4, 0.5) is 4.79 Å². The fourth-order valence-corrected chi connectivity index (χ4v) is 7.76. The van der Waals surface area contributed by atoms with E-state index in [9.17, 15) is 27.6 Å². The van der Waals surface area contributed by atoms with E-state index in [1.807, 2.05) is 56.0 Å². The van der Waals surface area contributed by atoms with Gasteiger partial charge >= 0.3 is 6.09 Å². The molecule has 4 atom stereocenters. The number of carbonyl (C=O) groups excluding carboxylic acids is 4. The Kier molecular flexibility index (Phi) is 9.84. The van der Waals surface area contributed by atoms with Crippen molar-refractivity contribution in [3.8, 4) is 0 Å². The second-order valence-corrected chi connectivity index (χ2v) is 16.2. The highest BCUT2D eigenvalue weighted by molar-refractivity contribution is 7.91. The molecule has 252 valence electrons. The molecule has 0 spiro atoms. The third kappa shape index (κ3) is 7.74. The first-order valence-electron chi connectivity index (χ1n) is 16.3. The Morgan fingerprint density at radius 1 is 1.09 bits per heavy atom. The van der Waals surface area contributed by atoms with Crippen molar-refractivity contribution in [1.29, 1.82) is 0 Å². The van der Waals surface area contributed by atoms with E-state index in [2.05, 4.69) is 21.9 Å². The van der Waals surface area contributed by atoms with Crippen molar-refractivity contribution in [1.82, 2.24) is 25.2 Å². The van der Waals surface area contributed by atoms with Gasteiger partial charge in [0.25, 0.3) is 5.91 Å². The smallest absolute Gasteiger partial charge is 0.408 e. The molecule has 12 nitrogen and oxygen atoms in total. The third-order valence-corrected chi connectivity index (χ3v) is 11.3. The Labute approximate surface area is 271 Å². The van der Waals surface area contributed by atoms with E-state index < -0.39 is 68.0 Å². The molecule has 0 radical (unpaired) electrons. The number of hydrogen-bond donors (Lipinski definition) is 3. The summed E-state index contributed by atoms with van der Waals surface area (Å²) in [5, 5.41) is 5.00. The molecule has 46 heavy (non-hydrogen) atoms. The summed E-state index contributed by atoms with van der Waals surface area (Å²) in [7, 11) is -3.84. The Bertz CT molecular complexity index is 1440. The number of hydrogen-bond acceptors (Lipinski definition) is 8. The highest BCUT2D eigenvalue weighted by atomic mass is 32.2. The van der Waals surface area contributed by atoms with Gasteiger partial charge in [-0.1, -0.05) is 57.2 Å². The topological polar surface area (TPSA) is 154 Å². The van der Waals surface area contributed by atoms with Gasteiger partial charge in [0, 0.05) is 19.0 Å². The maximum absolute atomic E-state index is 14.3. The molecule has 1 heterocycles. The summed E-state index contributed by atoms with van der Waals surface area (Å²) in [6, 6.07) is 7.89. The van der Waals surface area contributed by atoms with Crippen molar-refractivity contribution < 1.29 is 32.3 Å². The molecule has 5 rings (SSSR count). The van der Waals surface area contributed by atoms with Crippen LogP contribution in [-0.4, -0.2) is 90.8 Å². The first kappa shape index (κ1) is 33.9. The number of sulfonamides is 1. The van der Waals surface area contributed by atoms with Gasteiger partial charge in [-0.25, -0.2) is 13.2 Å². The molecule has 3 aliphatic carbocycles. The molecule has 1 aromatic rings. The van der Waals surface area contributed by atoms with Crippen molar-refractivity contribution in [2.45, 2.75) is 101 Å². The number of rotatable bonds is 12. The predicted octanol–water partition coefficient (Wildman–Crippen LogP) is 2.45. The first-order chi connectivity index (χ1) is 21.7. The van der Waals surface area contributed by atoms with E-state index in [1.165, 1.54) is 11.0 Å². The van der Waals surface area contributed by atoms with E-state index in [0.717, 1.165) is 31.2 Å². The van der Waals surface area contributed by atoms with Crippen molar-refractivity contribution in [3.05, 3.63) is 48.6 Å². The quantitative estimate of drug-likeness (QED) is 0.290. The van der Waals surface area contributed by atoms with Gasteiger partial charge in [0.1, 0.15) is 23.7 Å². The van der Waals surface area contributed by atoms with Crippen LogP contribution in [0.3, 0.4) is 0 Å². The van der Waals surface area contributed by atoms with Gasteiger partial charge in [-0.2, -0.15) is 0 Å². The van der Waals surface area contributed by atoms with Crippen LogP contribution < -0.4 is 15.4 Å². The molecular formula is C33H47N5O7S. The Morgan fingerprint density at radius 2 is 1.76 bits per heavy atom. The van der Waals surface area contributed by atoms with Crippen molar-refractivity contribution in [2.24, 2.45) is 11.3 Å². The molecule has 1 aromatic carbocycles. The van der Waals surface area contributed by atoms with Gasteiger partial charge in [0.15, 0.2) is 0 Å². The molecule has 13 heteroatoms. The number of nitrogens with one attached hydrogen (secondary N) is 3. The molecule has 1 saturated heterocycles. The Morgan fingerprint density at radius 3 is 2.35 bits per heavy atom. The summed E-state index contributed by atoms with van der Waals surface area (Å²) >= 11 is 0. The first-order valence-corrected chi connectivity index (χ1v) is 17.8. The highest BCUT2D eigenvalue weighted by Crippen LogP contribution is 2.45. The molecular weight excluding hydrogens is 610 g/mol. The minimum atomic E-state index is -3.84. The predicted molar refractivity (Wildman–Crippen MR) is 172 cm³/mol. The number of benzene rings is 1. The minimum Gasteiger partial charge on any atom is -0.446 e. The van der Waals surface area contributed by atoms with Crippen LogP contribution >= 0.6 is 0 Å². The van der Waals surface area contributed by atoms with E-state index in [0.29, 0.717) is 25.8 Å². The average Bonchev–Trinajstić information content (AvgIpc) is 3.88. The number of ether oxygens (including phenoxy) is 1. The maximum Gasteiger partial charge on any atom is 0.408 e.